The van der Waals surface area contributed by atoms with Gasteiger partial charge in [-0.3, -0.25) is 9.79 Å². The van der Waals surface area contributed by atoms with Crippen molar-refractivity contribution in [2.45, 2.75) is 32.2 Å². The normalized spacial score (nSPS) is 15.1. The summed E-state index contributed by atoms with van der Waals surface area (Å²) in [6.45, 7) is 3.29. The first-order valence-corrected chi connectivity index (χ1v) is 4.89. The number of hydrogen-bond donors (Lipinski definition) is 3. The predicted octanol–water partition coefficient (Wildman–Crippen LogP) is 1.64. The van der Waals surface area contributed by atoms with Gasteiger partial charge in [-0.2, -0.15) is 0 Å². The third-order valence-electron chi connectivity index (χ3n) is 1.88. The average Bonchev–Trinajstić information content (AvgIpc) is 2.11. The van der Waals surface area contributed by atoms with Gasteiger partial charge in [0.2, 0.25) is 0 Å². The fourth-order valence-corrected chi connectivity index (χ4v) is 0.961. The van der Waals surface area contributed by atoms with Crippen molar-refractivity contribution in [1.29, 1.82) is 0 Å². The van der Waals surface area contributed by atoms with Crippen molar-refractivity contribution in [3.05, 3.63) is 11.9 Å². The molecule has 8 heteroatoms. The molecule has 1 atom stereocenters. The van der Waals surface area contributed by atoms with E-state index >= 15 is 0 Å². The van der Waals surface area contributed by atoms with E-state index in [1.807, 2.05) is 0 Å². The van der Waals surface area contributed by atoms with Crippen LogP contribution in [0.3, 0.4) is 0 Å². The van der Waals surface area contributed by atoms with Gasteiger partial charge in [-0.05, 0) is 20.3 Å². The number of hydrogen-bond acceptors (Lipinski definition) is 3. The Kier molecular flexibility index (Phi) is 12.5. The molecule has 0 rings (SSSR count). The van der Waals surface area contributed by atoms with E-state index in [0.29, 0.717) is 18.8 Å². The summed E-state index contributed by atoms with van der Waals surface area (Å²) in [5, 5.41) is 8.68. The average molecular weight is 304 g/mol. The van der Waals surface area contributed by atoms with Crippen LogP contribution in [0.2, 0.25) is 0 Å². The summed E-state index contributed by atoms with van der Waals surface area (Å²) < 4.78 is 13.2. The van der Waals surface area contributed by atoms with E-state index in [1.54, 1.807) is 6.92 Å². The Morgan fingerprint density at radius 3 is 2.39 bits per heavy atom. The molecule has 0 aromatic carbocycles. The molecule has 0 aliphatic carbocycles. The maximum Gasteiger partial charge on any atom is 0.323 e. The maximum absolute atomic E-state index is 13.2. The second-order valence-corrected chi connectivity index (χ2v) is 3.86. The topological polar surface area (TPSA) is 102 Å². The van der Waals surface area contributed by atoms with Gasteiger partial charge in [0, 0.05) is 13.0 Å². The number of aliphatic imine (C=N–C) groups is 1. The Bertz CT molecular complexity index is 316. The van der Waals surface area contributed by atoms with Crippen LogP contribution in [0.4, 0.5) is 4.39 Å². The number of carbonyl (C=O) groups is 1. The largest absolute Gasteiger partial charge is 0.480 e. The summed E-state index contributed by atoms with van der Waals surface area (Å²) in [6, 6.07) is 0. The van der Waals surface area contributed by atoms with E-state index in [-0.39, 0.29) is 31.2 Å². The van der Waals surface area contributed by atoms with Gasteiger partial charge < -0.3 is 16.6 Å². The monoisotopic (exact) mass is 303 g/mol. The molecule has 0 fully saturated rings. The zero-order chi connectivity index (χ0) is 12.8. The Morgan fingerprint density at radius 1 is 1.50 bits per heavy atom. The second-order valence-electron chi connectivity index (χ2n) is 3.86. The summed E-state index contributed by atoms with van der Waals surface area (Å²) in [4.78, 5) is 14.5. The van der Waals surface area contributed by atoms with Gasteiger partial charge in [0.05, 0.1) is 11.7 Å². The Hall–Kier alpha value is -0.850. The summed E-state index contributed by atoms with van der Waals surface area (Å²) in [6.07, 6.45) is 1.32. The van der Waals surface area contributed by atoms with Crippen molar-refractivity contribution < 1.29 is 14.3 Å². The third kappa shape index (κ3) is 10.3. The minimum atomic E-state index is -1.58. The molecule has 0 radical (unpaired) electrons. The van der Waals surface area contributed by atoms with E-state index < -0.39 is 17.3 Å². The second kappa shape index (κ2) is 10.1. The standard InChI is InChI=1S/C10H18FN3O2.2ClH/c1-7(12)14-5-3-4-8(11)6-10(2,13)9(15)16;;/h4H,3,5-6,13H2,1-2H3,(H2,12,14)(H,15,16);2*1H/b8-4+;;/t10-;;/m0../s1. The number of rotatable bonds is 6. The molecule has 0 saturated carbocycles. The van der Waals surface area contributed by atoms with Crippen LogP contribution in [0.1, 0.15) is 26.7 Å². The van der Waals surface area contributed by atoms with Crippen LogP contribution in [0.25, 0.3) is 0 Å². The van der Waals surface area contributed by atoms with E-state index in [0.717, 1.165) is 0 Å². The maximum atomic E-state index is 13.2. The molecule has 0 aliphatic heterocycles. The summed E-state index contributed by atoms with van der Waals surface area (Å²) >= 11 is 0. The minimum absolute atomic E-state index is 0. The van der Waals surface area contributed by atoms with Crippen LogP contribution in [0, 0.1) is 0 Å². The number of carboxylic acids is 1. The lowest BCUT2D eigenvalue weighted by Crippen LogP contribution is -2.44. The molecular formula is C10H20Cl2FN3O2. The SMILES string of the molecule is CC(N)=NCC/C=C(/F)C[C@](C)(N)C(=O)O.Cl.Cl. The smallest absolute Gasteiger partial charge is 0.323 e. The highest BCUT2D eigenvalue weighted by Gasteiger charge is 2.29. The molecule has 0 aromatic heterocycles. The number of nitrogens with zero attached hydrogens (tertiary/aromatic N) is 1. The highest BCUT2D eigenvalue weighted by molar-refractivity contribution is 5.85. The van der Waals surface area contributed by atoms with Crippen molar-refractivity contribution in [1.82, 2.24) is 0 Å². The fraction of sp³-hybridized carbons (Fsp3) is 0.600. The number of aliphatic carboxylic acids is 1. The summed E-state index contributed by atoms with van der Waals surface area (Å²) in [5.41, 5.74) is 9.10. The first-order chi connectivity index (χ1) is 7.25. The third-order valence-corrected chi connectivity index (χ3v) is 1.88. The number of nitrogens with two attached hydrogens (primary N) is 2. The number of amidine groups is 1. The van der Waals surface area contributed by atoms with Gasteiger partial charge in [-0.1, -0.05) is 6.08 Å². The highest BCUT2D eigenvalue weighted by atomic mass is 35.5. The molecule has 0 heterocycles. The lowest BCUT2D eigenvalue weighted by atomic mass is 9.98. The minimum Gasteiger partial charge on any atom is -0.480 e. The Balaban J connectivity index is -0.00000112. The van der Waals surface area contributed by atoms with E-state index in [9.17, 15) is 9.18 Å². The Labute approximate surface area is 118 Å². The predicted molar refractivity (Wildman–Crippen MR) is 75.3 cm³/mol. The van der Waals surface area contributed by atoms with Gasteiger partial charge in [0.15, 0.2) is 0 Å². The van der Waals surface area contributed by atoms with E-state index in [2.05, 4.69) is 4.99 Å². The van der Waals surface area contributed by atoms with Crippen LogP contribution in [-0.2, 0) is 4.79 Å². The van der Waals surface area contributed by atoms with Crippen LogP contribution < -0.4 is 11.5 Å². The molecule has 0 amide bonds. The number of carboxylic acid groups (broad SMARTS) is 1. The van der Waals surface area contributed by atoms with Crippen molar-refractivity contribution in [3.63, 3.8) is 0 Å². The van der Waals surface area contributed by atoms with Gasteiger partial charge >= 0.3 is 5.97 Å². The summed E-state index contributed by atoms with van der Waals surface area (Å²) in [7, 11) is 0. The molecule has 0 unspecified atom stereocenters. The van der Waals surface area contributed by atoms with Crippen LogP contribution in [0.15, 0.2) is 16.9 Å². The quantitative estimate of drug-likeness (QED) is 0.394. The van der Waals surface area contributed by atoms with E-state index in [1.165, 1.54) is 13.0 Å². The lowest BCUT2D eigenvalue weighted by Gasteiger charge is -2.17. The molecule has 0 aromatic rings. The van der Waals surface area contributed by atoms with Crippen molar-refractivity contribution in [2.24, 2.45) is 16.5 Å². The van der Waals surface area contributed by atoms with Crippen molar-refractivity contribution in [3.8, 4) is 0 Å². The van der Waals surface area contributed by atoms with Gasteiger partial charge in [-0.25, -0.2) is 4.39 Å². The van der Waals surface area contributed by atoms with Crippen molar-refractivity contribution in [2.75, 3.05) is 6.54 Å². The molecule has 0 aliphatic rings. The zero-order valence-corrected chi connectivity index (χ0v) is 12.0. The van der Waals surface area contributed by atoms with Crippen LogP contribution in [-0.4, -0.2) is 29.0 Å². The van der Waals surface area contributed by atoms with Crippen molar-refractivity contribution >= 4 is 36.6 Å². The molecule has 108 valence electrons. The zero-order valence-electron chi connectivity index (χ0n) is 10.4. The molecule has 0 saturated heterocycles. The van der Waals surface area contributed by atoms with Gasteiger partial charge in [0.1, 0.15) is 5.54 Å². The fourth-order valence-electron chi connectivity index (χ4n) is 0.961. The molecular weight excluding hydrogens is 284 g/mol. The lowest BCUT2D eigenvalue weighted by molar-refractivity contribution is -0.142. The van der Waals surface area contributed by atoms with E-state index in [4.69, 9.17) is 16.6 Å². The molecule has 5 nitrogen and oxygen atoms in total. The van der Waals surface area contributed by atoms with Gasteiger partial charge in [-0.15, -0.1) is 24.8 Å². The summed E-state index contributed by atoms with van der Waals surface area (Å²) in [5.74, 6) is -1.34. The molecule has 0 bridgehead atoms. The molecule has 0 spiro atoms. The molecule has 18 heavy (non-hydrogen) atoms. The van der Waals surface area contributed by atoms with Gasteiger partial charge in [0.25, 0.3) is 0 Å². The highest BCUT2D eigenvalue weighted by Crippen LogP contribution is 2.15. The van der Waals surface area contributed by atoms with Crippen LogP contribution in [0.5, 0.6) is 0 Å². The Morgan fingerprint density at radius 2 is 2.00 bits per heavy atom. The first-order valence-electron chi connectivity index (χ1n) is 4.89. The molecule has 5 N–H and O–H groups in total. The number of halogens is 3. The first kappa shape index (κ1) is 22.3. The van der Waals surface area contributed by atoms with Crippen LogP contribution >= 0.6 is 24.8 Å².